The van der Waals surface area contributed by atoms with Crippen molar-refractivity contribution in [1.82, 2.24) is 14.8 Å². The molecule has 1 fully saturated rings. The van der Waals surface area contributed by atoms with Crippen molar-refractivity contribution in [3.63, 3.8) is 0 Å². The summed E-state index contributed by atoms with van der Waals surface area (Å²) < 4.78 is 89.6. The number of carbonyl (C=O) groups excluding carboxylic acids is 2. The molecular formula is C20H19F2N3O5. The van der Waals surface area contributed by atoms with E-state index in [9.17, 15) is 28.3 Å². The molecule has 3 heterocycles. The first kappa shape index (κ1) is 13.1. The van der Waals surface area contributed by atoms with E-state index in [1.807, 2.05) is 0 Å². The molecule has 8 nitrogen and oxygen atoms in total. The number of aromatic nitrogens is 1. The lowest BCUT2D eigenvalue weighted by molar-refractivity contribution is -0.112. The van der Waals surface area contributed by atoms with Crippen LogP contribution in [0.1, 0.15) is 49.3 Å². The minimum Gasteiger partial charge on any atom is -0.503 e. The van der Waals surface area contributed by atoms with Crippen LogP contribution >= 0.6 is 0 Å². The first-order valence-electron chi connectivity index (χ1n) is 12.1. The molecule has 0 bridgehead atoms. The number of nitrogens with zero attached hydrogens (tertiary/aromatic N) is 2. The number of carbonyl (C=O) groups is 2. The summed E-state index contributed by atoms with van der Waals surface area (Å²) in [6, 6.07) is -0.231. The van der Waals surface area contributed by atoms with Gasteiger partial charge in [0.2, 0.25) is 5.43 Å². The molecule has 2 N–H and O–H groups in total. The third-order valence-electron chi connectivity index (χ3n) is 4.55. The molecule has 10 heteroatoms. The molecule has 0 aliphatic carbocycles. The van der Waals surface area contributed by atoms with Gasteiger partial charge in [0.05, 0.1) is 19.9 Å². The Hall–Kier alpha value is -3.27. The summed E-state index contributed by atoms with van der Waals surface area (Å²) in [7, 11) is 0. The molecule has 1 aromatic heterocycles. The highest BCUT2D eigenvalue weighted by molar-refractivity contribution is 5.99. The predicted molar refractivity (Wildman–Crippen MR) is 99.9 cm³/mol. The fraction of sp³-hybridized carbons (Fsp3) is 0.350. The molecule has 0 radical (unpaired) electrons. The molecule has 2 amide bonds. The number of hydrogen-bond acceptors (Lipinski definition) is 5. The van der Waals surface area contributed by atoms with Crippen LogP contribution in [0.5, 0.6) is 5.75 Å². The van der Waals surface area contributed by atoms with Gasteiger partial charge in [-0.1, -0.05) is 6.07 Å². The van der Waals surface area contributed by atoms with Crippen LogP contribution in [-0.4, -0.2) is 45.2 Å². The third kappa shape index (κ3) is 3.32. The van der Waals surface area contributed by atoms with E-state index in [0.717, 1.165) is 19.1 Å². The van der Waals surface area contributed by atoms with E-state index in [2.05, 4.69) is 5.32 Å². The van der Waals surface area contributed by atoms with Crippen LogP contribution in [-0.2, 0) is 17.8 Å². The lowest BCUT2D eigenvalue weighted by Crippen LogP contribution is -2.57. The molecule has 2 aliphatic heterocycles. The van der Waals surface area contributed by atoms with Gasteiger partial charge >= 0.3 is 0 Å². The summed E-state index contributed by atoms with van der Waals surface area (Å²) in [5.41, 5.74) is -3.47. The quantitative estimate of drug-likeness (QED) is 0.772. The van der Waals surface area contributed by atoms with Crippen molar-refractivity contribution in [2.75, 3.05) is 6.56 Å². The van der Waals surface area contributed by atoms with Crippen molar-refractivity contribution in [2.45, 2.75) is 38.6 Å². The number of rotatable bonds is 3. The zero-order valence-electron chi connectivity index (χ0n) is 22.3. The van der Waals surface area contributed by atoms with Crippen molar-refractivity contribution in [3.05, 3.63) is 63.1 Å². The predicted octanol–water partition coefficient (Wildman–Crippen LogP) is 1.35. The first-order valence-corrected chi connectivity index (χ1v) is 8.59. The topological polar surface area (TPSA) is 101 Å². The Labute approximate surface area is 179 Å². The summed E-state index contributed by atoms with van der Waals surface area (Å²) >= 11 is 0. The summed E-state index contributed by atoms with van der Waals surface area (Å²) in [5, 5.41) is 12.7. The smallest absolute Gasteiger partial charge is 0.276 e. The standard InChI is InChI=1S/C20H19F2N3O5/c1-10-4-5-30-15-9-24-8-13(17(26)18(27)16(24)20(29)25(10)15)19(28)23-7-11-2-3-12(21)6-14(11)22/h2-3,6,8,10,15,27H,4-5,7,9H2,1H3,(H,23,28)/t10-,15+/m1/s1/i4D2,5D2,9D2,10D. The lowest BCUT2D eigenvalue weighted by Gasteiger charge is -2.44. The van der Waals surface area contributed by atoms with Gasteiger partial charge in [-0.15, -0.1) is 0 Å². The highest BCUT2D eigenvalue weighted by Crippen LogP contribution is 2.29. The van der Waals surface area contributed by atoms with E-state index in [4.69, 9.17) is 14.3 Å². The second kappa shape index (κ2) is 7.52. The molecule has 2 aliphatic rings. The Bertz CT molecular complexity index is 1400. The number of amides is 2. The summed E-state index contributed by atoms with van der Waals surface area (Å²) in [6.45, 7) is -5.99. The van der Waals surface area contributed by atoms with Crippen molar-refractivity contribution < 1.29 is 37.8 Å². The minimum atomic E-state index is -3.25. The lowest BCUT2D eigenvalue weighted by atomic mass is 10.1. The number of fused-ring (bicyclic) bond motifs is 2. The maximum absolute atomic E-state index is 13.9. The highest BCUT2D eigenvalue weighted by atomic mass is 19.1. The molecule has 0 spiro atoms. The first-order chi connectivity index (χ1) is 16.9. The van der Waals surface area contributed by atoms with Crippen LogP contribution in [0.3, 0.4) is 0 Å². The normalized spacial score (nSPS) is 31.4. The SMILES string of the molecule is [2H]C1([2H])[C@@H]2OC([2H])([2H])C([2H])([2H])[C@@]([2H])(C)N2C(=O)c2c(O)c(=O)c(C(=O)NCc3ccc(F)cc3F)cn21. The molecule has 0 unspecified atom stereocenters. The maximum atomic E-state index is 13.9. The van der Waals surface area contributed by atoms with Crippen LogP contribution in [0.4, 0.5) is 8.78 Å². The van der Waals surface area contributed by atoms with E-state index >= 15 is 0 Å². The van der Waals surface area contributed by atoms with Gasteiger partial charge in [0.1, 0.15) is 17.2 Å². The van der Waals surface area contributed by atoms with Gasteiger partial charge in [-0.25, -0.2) is 8.78 Å². The van der Waals surface area contributed by atoms with E-state index in [1.165, 1.54) is 0 Å². The number of halogens is 2. The van der Waals surface area contributed by atoms with Crippen LogP contribution in [0, 0.1) is 11.6 Å². The Morgan fingerprint density at radius 2 is 2.20 bits per heavy atom. The fourth-order valence-electron chi connectivity index (χ4n) is 3.03. The highest BCUT2D eigenvalue weighted by Gasteiger charge is 2.41. The van der Waals surface area contributed by atoms with Gasteiger partial charge in [0.15, 0.2) is 17.7 Å². The average molecular weight is 426 g/mol. The monoisotopic (exact) mass is 426 g/mol. The molecule has 4 rings (SSSR count). The minimum absolute atomic E-state index is 0.153. The van der Waals surface area contributed by atoms with Gasteiger partial charge in [0, 0.05) is 33.1 Å². The zero-order valence-corrected chi connectivity index (χ0v) is 15.3. The summed E-state index contributed by atoms with van der Waals surface area (Å²) in [4.78, 5) is 39.0. The van der Waals surface area contributed by atoms with Gasteiger partial charge in [-0.3, -0.25) is 14.4 Å². The second-order valence-corrected chi connectivity index (χ2v) is 6.44. The summed E-state index contributed by atoms with van der Waals surface area (Å²) in [5.74, 6) is -5.89. The molecule has 2 aromatic rings. The molecule has 0 saturated carbocycles. The maximum Gasteiger partial charge on any atom is 0.276 e. The largest absolute Gasteiger partial charge is 0.503 e. The van der Waals surface area contributed by atoms with Crippen molar-refractivity contribution in [2.24, 2.45) is 0 Å². The average Bonchev–Trinajstić information content (AvgIpc) is 2.77. The van der Waals surface area contributed by atoms with E-state index in [-0.39, 0.29) is 10.5 Å². The van der Waals surface area contributed by atoms with Crippen molar-refractivity contribution >= 4 is 11.8 Å². The number of pyridine rings is 1. The number of aromatic hydroxyl groups is 1. The van der Waals surface area contributed by atoms with Crippen molar-refractivity contribution in [1.29, 1.82) is 0 Å². The second-order valence-electron chi connectivity index (χ2n) is 6.44. The molecule has 30 heavy (non-hydrogen) atoms. The van der Waals surface area contributed by atoms with Gasteiger partial charge in [0.25, 0.3) is 11.8 Å². The van der Waals surface area contributed by atoms with Crippen LogP contribution in [0.2, 0.25) is 0 Å². The molecule has 1 saturated heterocycles. The fourth-order valence-corrected chi connectivity index (χ4v) is 3.03. The van der Waals surface area contributed by atoms with Gasteiger partial charge in [-0.05, 0) is 19.4 Å². The number of benzene rings is 1. The molecule has 1 aromatic carbocycles. The Morgan fingerprint density at radius 3 is 2.93 bits per heavy atom. The number of ether oxygens (including phenoxy) is 1. The van der Waals surface area contributed by atoms with Crippen LogP contribution in [0.15, 0.2) is 29.2 Å². The van der Waals surface area contributed by atoms with E-state index < -0.39 is 84.1 Å². The third-order valence-corrected chi connectivity index (χ3v) is 4.55. The van der Waals surface area contributed by atoms with E-state index in [0.29, 0.717) is 16.8 Å². The number of nitrogens with one attached hydrogen (secondary N) is 1. The Balaban J connectivity index is 1.80. The van der Waals surface area contributed by atoms with E-state index in [1.54, 1.807) is 0 Å². The molecule has 158 valence electrons. The zero-order chi connectivity index (χ0) is 27.9. The van der Waals surface area contributed by atoms with Gasteiger partial charge < -0.3 is 24.6 Å². The number of hydrogen-bond donors (Lipinski definition) is 2. The van der Waals surface area contributed by atoms with Gasteiger partial charge in [-0.2, -0.15) is 0 Å². The molecular weight excluding hydrogens is 400 g/mol. The Kier molecular flexibility index (Phi) is 3.29. The Morgan fingerprint density at radius 1 is 1.43 bits per heavy atom. The molecule has 2 atom stereocenters. The summed E-state index contributed by atoms with van der Waals surface area (Å²) in [6.07, 6.45) is -4.86. The van der Waals surface area contributed by atoms with Crippen LogP contribution < -0.4 is 10.7 Å². The van der Waals surface area contributed by atoms with Crippen LogP contribution in [0.25, 0.3) is 0 Å². The van der Waals surface area contributed by atoms with Crippen molar-refractivity contribution in [3.8, 4) is 5.75 Å².